The number of nitrogens with zero attached hydrogens (tertiary/aromatic N) is 2. The number of rotatable bonds is 5. The molecule has 0 unspecified atom stereocenters. The molecular weight excluding hydrogens is 254 g/mol. The second-order valence-electron chi connectivity index (χ2n) is 5.12. The summed E-state index contributed by atoms with van der Waals surface area (Å²) in [6.07, 6.45) is 6.32. The number of aromatic nitrogens is 1. The lowest BCUT2D eigenvalue weighted by atomic mass is 10.1. The zero-order valence-corrected chi connectivity index (χ0v) is 10.6. The first kappa shape index (κ1) is 11.7. The van der Waals surface area contributed by atoms with E-state index in [1.165, 1.54) is 37.9 Å². The summed E-state index contributed by atoms with van der Waals surface area (Å²) in [7, 11) is 0. The van der Waals surface area contributed by atoms with Crippen LogP contribution in [0.3, 0.4) is 0 Å². The van der Waals surface area contributed by atoms with Gasteiger partial charge in [-0.2, -0.15) is 0 Å². The summed E-state index contributed by atoms with van der Waals surface area (Å²) in [4.78, 5) is 14.6. The summed E-state index contributed by atoms with van der Waals surface area (Å²) in [6, 6.07) is 1.70. The van der Waals surface area contributed by atoms with Crippen LogP contribution >= 0.6 is 11.6 Å². The van der Waals surface area contributed by atoms with Crippen molar-refractivity contribution in [1.29, 1.82) is 0 Å². The zero-order valence-electron chi connectivity index (χ0n) is 9.80. The van der Waals surface area contributed by atoms with Crippen molar-refractivity contribution in [3.05, 3.63) is 27.4 Å². The largest absolute Gasteiger partial charge is 0.361 e. The lowest BCUT2D eigenvalue weighted by Crippen LogP contribution is -2.25. The van der Waals surface area contributed by atoms with Crippen LogP contribution in [-0.2, 0) is 0 Å². The fraction of sp³-hybridized carbons (Fsp3) is 0.583. The Labute approximate surface area is 110 Å². The standard InChI is InChI=1S/C12H14ClN3O2/c13-9-5-10(16(17)18)12(14-6-9)15-11(7-1-2-7)8-3-4-8/h5-8,11H,1-4H2,(H,14,15). The van der Waals surface area contributed by atoms with Crippen molar-refractivity contribution < 1.29 is 4.92 Å². The molecule has 2 aliphatic carbocycles. The molecule has 0 spiro atoms. The van der Waals surface area contributed by atoms with Gasteiger partial charge in [0, 0.05) is 18.3 Å². The van der Waals surface area contributed by atoms with E-state index in [0.29, 0.717) is 28.7 Å². The topological polar surface area (TPSA) is 68.1 Å². The molecule has 3 rings (SSSR count). The van der Waals surface area contributed by atoms with Crippen LogP contribution in [0.2, 0.25) is 5.02 Å². The minimum Gasteiger partial charge on any atom is -0.361 e. The number of halogens is 1. The van der Waals surface area contributed by atoms with Gasteiger partial charge in [-0.1, -0.05) is 11.6 Å². The molecule has 2 saturated carbocycles. The summed E-state index contributed by atoms with van der Waals surface area (Å²) in [5.41, 5.74) is -0.0335. The Morgan fingerprint density at radius 3 is 2.50 bits per heavy atom. The van der Waals surface area contributed by atoms with E-state index in [0.717, 1.165) is 0 Å². The van der Waals surface area contributed by atoms with E-state index in [1.54, 1.807) is 0 Å². The molecular formula is C12H14ClN3O2. The van der Waals surface area contributed by atoms with Gasteiger partial charge in [-0.3, -0.25) is 10.1 Å². The molecule has 0 aliphatic heterocycles. The summed E-state index contributed by atoms with van der Waals surface area (Å²) in [6.45, 7) is 0. The number of pyridine rings is 1. The first-order chi connectivity index (χ1) is 8.65. The molecule has 0 aromatic carbocycles. The molecule has 6 heteroatoms. The van der Waals surface area contributed by atoms with E-state index in [1.807, 2.05) is 0 Å². The van der Waals surface area contributed by atoms with E-state index in [2.05, 4.69) is 10.3 Å². The zero-order chi connectivity index (χ0) is 12.7. The first-order valence-electron chi connectivity index (χ1n) is 6.21. The maximum atomic E-state index is 11.0. The Hall–Kier alpha value is -1.36. The highest BCUT2D eigenvalue weighted by atomic mass is 35.5. The van der Waals surface area contributed by atoms with Gasteiger partial charge in [0.05, 0.1) is 9.95 Å². The Morgan fingerprint density at radius 1 is 1.39 bits per heavy atom. The van der Waals surface area contributed by atoms with Crippen LogP contribution in [0.25, 0.3) is 0 Å². The summed E-state index contributed by atoms with van der Waals surface area (Å²) >= 11 is 5.75. The minimum atomic E-state index is -0.432. The van der Waals surface area contributed by atoms with Crippen molar-refractivity contribution in [2.75, 3.05) is 5.32 Å². The molecule has 1 heterocycles. The number of nitrogens with one attached hydrogen (secondary N) is 1. The van der Waals surface area contributed by atoms with E-state index >= 15 is 0 Å². The van der Waals surface area contributed by atoms with Crippen molar-refractivity contribution in [2.24, 2.45) is 11.8 Å². The molecule has 0 bridgehead atoms. The highest BCUT2D eigenvalue weighted by molar-refractivity contribution is 6.30. The first-order valence-corrected chi connectivity index (χ1v) is 6.59. The highest BCUT2D eigenvalue weighted by Gasteiger charge is 2.42. The van der Waals surface area contributed by atoms with Gasteiger partial charge in [0.1, 0.15) is 0 Å². The second-order valence-corrected chi connectivity index (χ2v) is 5.56. The molecule has 5 nitrogen and oxygen atoms in total. The predicted octanol–water partition coefficient (Wildman–Crippen LogP) is 3.24. The Morgan fingerprint density at radius 2 is 2.00 bits per heavy atom. The number of anilines is 1. The molecule has 0 amide bonds. The molecule has 1 N–H and O–H groups in total. The van der Waals surface area contributed by atoms with Crippen LogP contribution in [0.1, 0.15) is 25.7 Å². The van der Waals surface area contributed by atoms with Gasteiger partial charge in [-0.05, 0) is 37.5 Å². The SMILES string of the molecule is O=[N+]([O-])c1cc(Cl)cnc1NC(C1CC1)C1CC1. The minimum absolute atomic E-state index is 0.0335. The molecule has 18 heavy (non-hydrogen) atoms. The van der Waals surface area contributed by atoms with Gasteiger partial charge in [-0.15, -0.1) is 0 Å². The van der Waals surface area contributed by atoms with Crippen LogP contribution in [0.5, 0.6) is 0 Å². The third-order valence-electron chi connectivity index (χ3n) is 3.59. The van der Waals surface area contributed by atoms with Crippen LogP contribution in [0.15, 0.2) is 12.3 Å². The molecule has 2 aliphatic rings. The van der Waals surface area contributed by atoms with Crippen molar-refractivity contribution in [2.45, 2.75) is 31.7 Å². The van der Waals surface area contributed by atoms with Gasteiger partial charge in [0.15, 0.2) is 0 Å². The molecule has 0 saturated heterocycles. The van der Waals surface area contributed by atoms with Gasteiger partial charge in [0.2, 0.25) is 5.82 Å². The molecule has 2 fully saturated rings. The van der Waals surface area contributed by atoms with Crippen molar-refractivity contribution in [3.63, 3.8) is 0 Å². The Balaban J connectivity index is 1.84. The van der Waals surface area contributed by atoms with Gasteiger partial charge < -0.3 is 5.32 Å². The number of hydrogen-bond acceptors (Lipinski definition) is 4. The Kier molecular flexibility index (Phi) is 2.86. The lowest BCUT2D eigenvalue weighted by molar-refractivity contribution is -0.384. The fourth-order valence-electron chi connectivity index (χ4n) is 2.37. The quantitative estimate of drug-likeness (QED) is 0.657. The predicted molar refractivity (Wildman–Crippen MR) is 68.8 cm³/mol. The van der Waals surface area contributed by atoms with Crippen molar-refractivity contribution in [1.82, 2.24) is 4.98 Å². The van der Waals surface area contributed by atoms with Crippen molar-refractivity contribution >= 4 is 23.1 Å². The number of hydrogen-bond donors (Lipinski definition) is 1. The molecule has 1 aromatic heterocycles. The number of nitro groups is 1. The summed E-state index contributed by atoms with van der Waals surface area (Å²) < 4.78 is 0. The normalized spacial score (nSPS) is 19.0. The maximum absolute atomic E-state index is 11.0. The average molecular weight is 268 g/mol. The van der Waals surface area contributed by atoms with E-state index < -0.39 is 4.92 Å². The summed E-state index contributed by atoms with van der Waals surface area (Å²) in [5.74, 6) is 1.68. The van der Waals surface area contributed by atoms with Crippen LogP contribution in [0, 0.1) is 22.0 Å². The van der Waals surface area contributed by atoms with Crippen LogP contribution in [-0.4, -0.2) is 15.9 Å². The third-order valence-corrected chi connectivity index (χ3v) is 3.80. The van der Waals surface area contributed by atoms with Gasteiger partial charge >= 0.3 is 5.69 Å². The highest BCUT2D eigenvalue weighted by Crippen LogP contribution is 2.46. The molecule has 1 aromatic rings. The fourth-order valence-corrected chi connectivity index (χ4v) is 2.52. The lowest BCUT2D eigenvalue weighted by Gasteiger charge is -2.18. The molecule has 0 atom stereocenters. The third kappa shape index (κ3) is 2.41. The van der Waals surface area contributed by atoms with E-state index in [-0.39, 0.29) is 5.69 Å². The Bertz CT molecular complexity index is 474. The monoisotopic (exact) mass is 267 g/mol. The maximum Gasteiger partial charge on any atom is 0.312 e. The van der Waals surface area contributed by atoms with Gasteiger partial charge in [-0.25, -0.2) is 4.98 Å². The van der Waals surface area contributed by atoms with E-state index in [4.69, 9.17) is 11.6 Å². The van der Waals surface area contributed by atoms with Crippen molar-refractivity contribution in [3.8, 4) is 0 Å². The molecule has 96 valence electrons. The second kappa shape index (κ2) is 4.39. The van der Waals surface area contributed by atoms with Gasteiger partial charge in [0.25, 0.3) is 0 Å². The summed E-state index contributed by atoms with van der Waals surface area (Å²) in [5, 5.41) is 14.6. The van der Waals surface area contributed by atoms with Crippen LogP contribution < -0.4 is 5.32 Å². The average Bonchev–Trinajstić information content (AvgIpc) is 3.19. The van der Waals surface area contributed by atoms with Crippen LogP contribution in [0.4, 0.5) is 11.5 Å². The smallest absolute Gasteiger partial charge is 0.312 e. The molecule has 0 radical (unpaired) electrons. The van der Waals surface area contributed by atoms with E-state index in [9.17, 15) is 10.1 Å².